The molecule has 3 atom stereocenters. The van der Waals surface area contributed by atoms with Gasteiger partial charge >= 0.3 is 0 Å². The first kappa shape index (κ1) is 13.3. The molecule has 2 fully saturated rings. The van der Waals surface area contributed by atoms with Gasteiger partial charge in [0.25, 0.3) is 0 Å². The van der Waals surface area contributed by atoms with Gasteiger partial charge in [0.1, 0.15) is 0 Å². The molecule has 0 aromatic carbocycles. The highest BCUT2D eigenvalue weighted by atomic mass is 16.6. The fourth-order valence-corrected chi connectivity index (χ4v) is 3.04. The van der Waals surface area contributed by atoms with Crippen LogP contribution in [0.25, 0.3) is 0 Å². The Morgan fingerprint density at radius 2 is 1.82 bits per heavy atom. The van der Waals surface area contributed by atoms with E-state index in [1.165, 1.54) is 38.5 Å². The molecule has 100 valence electrons. The van der Waals surface area contributed by atoms with E-state index in [1.54, 1.807) is 0 Å². The van der Waals surface area contributed by atoms with Gasteiger partial charge < -0.3 is 14.8 Å². The average molecular weight is 241 g/mol. The Morgan fingerprint density at radius 1 is 1.12 bits per heavy atom. The topological polar surface area (TPSA) is 30.5 Å². The van der Waals surface area contributed by atoms with Crippen molar-refractivity contribution < 1.29 is 9.47 Å². The predicted molar refractivity (Wildman–Crippen MR) is 69.2 cm³/mol. The number of hydrogen-bond donors (Lipinski definition) is 1. The van der Waals surface area contributed by atoms with Crippen molar-refractivity contribution >= 4 is 0 Å². The van der Waals surface area contributed by atoms with Crippen LogP contribution in [0.1, 0.15) is 51.9 Å². The Bertz CT molecular complexity index is 214. The van der Waals surface area contributed by atoms with Crippen LogP contribution in [0.5, 0.6) is 0 Å². The highest BCUT2D eigenvalue weighted by Gasteiger charge is 2.42. The van der Waals surface area contributed by atoms with Crippen LogP contribution in [0.2, 0.25) is 0 Å². The fraction of sp³-hybridized carbons (Fsp3) is 1.00. The van der Waals surface area contributed by atoms with Gasteiger partial charge in [0.2, 0.25) is 0 Å². The van der Waals surface area contributed by atoms with E-state index in [0.717, 1.165) is 13.0 Å². The van der Waals surface area contributed by atoms with Gasteiger partial charge in [0.15, 0.2) is 0 Å². The Hall–Kier alpha value is -0.120. The number of likely N-dealkylation sites (N-methyl/N-ethyl adjacent to an activating group) is 1. The highest BCUT2D eigenvalue weighted by molar-refractivity contribution is 4.97. The molecule has 3 nitrogen and oxygen atoms in total. The van der Waals surface area contributed by atoms with E-state index in [9.17, 15) is 0 Å². The van der Waals surface area contributed by atoms with Crippen molar-refractivity contribution in [3.8, 4) is 0 Å². The minimum Gasteiger partial charge on any atom is -0.374 e. The van der Waals surface area contributed by atoms with Crippen LogP contribution in [0.4, 0.5) is 0 Å². The lowest BCUT2D eigenvalue weighted by Gasteiger charge is -2.45. The summed E-state index contributed by atoms with van der Waals surface area (Å²) in [5.74, 6) is 0. The van der Waals surface area contributed by atoms with Gasteiger partial charge in [0, 0.05) is 12.6 Å². The molecule has 0 amide bonds. The summed E-state index contributed by atoms with van der Waals surface area (Å²) in [5.41, 5.74) is 0. The average Bonchev–Trinajstić information content (AvgIpc) is 2.59. The van der Waals surface area contributed by atoms with E-state index < -0.39 is 0 Å². The normalized spacial score (nSPS) is 35.3. The third kappa shape index (κ3) is 3.43. The van der Waals surface area contributed by atoms with E-state index in [2.05, 4.69) is 12.2 Å². The minimum atomic E-state index is 0.272. The van der Waals surface area contributed by atoms with E-state index >= 15 is 0 Å². The molecule has 0 radical (unpaired) electrons. The largest absolute Gasteiger partial charge is 0.374 e. The number of hydrogen-bond acceptors (Lipinski definition) is 3. The quantitative estimate of drug-likeness (QED) is 0.750. The summed E-state index contributed by atoms with van der Waals surface area (Å²) in [6.45, 7) is 2.85. The van der Waals surface area contributed by atoms with E-state index in [1.807, 2.05) is 7.05 Å². The predicted octanol–water partition coefficient (Wildman–Crippen LogP) is 2.49. The van der Waals surface area contributed by atoms with Crippen LogP contribution >= 0.6 is 0 Å². The van der Waals surface area contributed by atoms with Crippen LogP contribution in [0.3, 0.4) is 0 Å². The molecule has 0 saturated heterocycles. The molecule has 0 aromatic rings. The Labute approximate surface area is 105 Å². The summed E-state index contributed by atoms with van der Waals surface area (Å²) in [6, 6.07) is 0.491. The maximum Gasteiger partial charge on any atom is 0.0990 e. The molecule has 2 aliphatic rings. The molecule has 0 spiro atoms. The zero-order valence-corrected chi connectivity index (χ0v) is 11.3. The molecular formula is C14H27NO2. The molecular weight excluding hydrogens is 214 g/mol. The summed E-state index contributed by atoms with van der Waals surface area (Å²) in [5, 5.41) is 3.31. The first-order valence-corrected chi connectivity index (χ1v) is 7.29. The smallest absolute Gasteiger partial charge is 0.0990 e. The molecule has 2 rings (SSSR count). The summed E-state index contributed by atoms with van der Waals surface area (Å²) in [4.78, 5) is 0. The van der Waals surface area contributed by atoms with Crippen molar-refractivity contribution in [3.63, 3.8) is 0 Å². The van der Waals surface area contributed by atoms with Crippen molar-refractivity contribution in [2.24, 2.45) is 0 Å². The lowest BCUT2D eigenvalue weighted by molar-refractivity contribution is -0.166. The second-order valence-electron chi connectivity index (χ2n) is 5.34. The molecule has 0 bridgehead atoms. The fourth-order valence-electron chi connectivity index (χ4n) is 3.04. The number of ether oxygens (including phenoxy) is 2. The summed E-state index contributed by atoms with van der Waals surface area (Å²) in [6.07, 6.45) is 10.2. The van der Waals surface area contributed by atoms with Crippen LogP contribution in [-0.4, -0.2) is 38.0 Å². The van der Waals surface area contributed by atoms with Gasteiger partial charge in [-0.15, -0.1) is 0 Å². The van der Waals surface area contributed by atoms with Gasteiger partial charge in [-0.05, 0) is 33.2 Å². The zero-order chi connectivity index (χ0) is 12.1. The SMILES string of the molecule is CCOC1C(NC)CC1OC1CCCCCC1. The van der Waals surface area contributed by atoms with Gasteiger partial charge in [0.05, 0.1) is 18.3 Å². The molecule has 0 aromatic heterocycles. The maximum atomic E-state index is 6.24. The van der Waals surface area contributed by atoms with Crippen LogP contribution < -0.4 is 5.32 Å². The second kappa shape index (κ2) is 6.72. The zero-order valence-electron chi connectivity index (χ0n) is 11.3. The maximum absolute atomic E-state index is 6.24. The van der Waals surface area contributed by atoms with E-state index in [4.69, 9.17) is 9.47 Å². The van der Waals surface area contributed by atoms with Gasteiger partial charge in [-0.3, -0.25) is 0 Å². The van der Waals surface area contributed by atoms with Gasteiger partial charge in [-0.25, -0.2) is 0 Å². The Balaban J connectivity index is 1.77. The van der Waals surface area contributed by atoms with E-state index in [-0.39, 0.29) is 6.10 Å². The molecule has 17 heavy (non-hydrogen) atoms. The van der Waals surface area contributed by atoms with Gasteiger partial charge in [-0.2, -0.15) is 0 Å². The van der Waals surface area contributed by atoms with Crippen LogP contribution in [0.15, 0.2) is 0 Å². The molecule has 2 saturated carbocycles. The number of nitrogens with one attached hydrogen (secondary N) is 1. The van der Waals surface area contributed by atoms with Crippen molar-refractivity contribution in [1.29, 1.82) is 0 Å². The molecule has 0 heterocycles. The third-order valence-electron chi connectivity index (χ3n) is 4.15. The van der Waals surface area contributed by atoms with E-state index in [0.29, 0.717) is 18.2 Å². The molecule has 3 heteroatoms. The lowest BCUT2D eigenvalue weighted by Crippen LogP contribution is -2.60. The lowest BCUT2D eigenvalue weighted by atomic mass is 9.85. The monoisotopic (exact) mass is 241 g/mol. The second-order valence-corrected chi connectivity index (χ2v) is 5.34. The van der Waals surface area contributed by atoms with Gasteiger partial charge in [-0.1, -0.05) is 25.7 Å². The Kier molecular flexibility index (Phi) is 5.26. The molecule has 0 aliphatic heterocycles. The number of rotatable bonds is 5. The van der Waals surface area contributed by atoms with Crippen molar-refractivity contribution in [3.05, 3.63) is 0 Å². The standard InChI is InChI=1S/C14H27NO2/c1-3-16-14-12(15-2)10-13(14)17-11-8-6-4-5-7-9-11/h11-15H,3-10H2,1-2H3. The van der Waals surface area contributed by atoms with Crippen molar-refractivity contribution in [2.75, 3.05) is 13.7 Å². The molecule has 3 unspecified atom stereocenters. The summed E-state index contributed by atoms with van der Waals surface area (Å²) >= 11 is 0. The summed E-state index contributed by atoms with van der Waals surface area (Å²) < 4.78 is 12.0. The van der Waals surface area contributed by atoms with Crippen molar-refractivity contribution in [1.82, 2.24) is 5.32 Å². The Morgan fingerprint density at radius 3 is 2.41 bits per heavy atom. The first-order chi connectivity index (χ1) is 8.35. The van der Waals surface area contributed by atoms with Crippen LogP contribution in [-0.2, 0) is 9.47 Å². The third-order valence-corrected chi connectivity index (χ3v) is 4.15. The van der Waals surface area contributed by atoms with Crippen molar-refractivity contribution in [2.45, 2.75) is 76.2 Å². The molecule has 1 N–H and O–H groups in total. The molecule has 2 aliphatic carbocycles. The minimum absolute atomic E-state index is 0.272. The van der Waals surface area contributed by atoms with Crippen LogP contribution in [0, 0.1) is 0 Å². The highest BCUT2D eigenvalue weighted by Crippen LogP contribution is 2.31. The first-order valence-electron chi connectivity index (χ1n) is 7.29. The summed E-state index contributed by atoms with van der Waals surface area (Å²) in [7, 11) is 2.01.